The summed E-state index contributed by atoms with van der Waals surface area (Å²) in [6.45, 7) is 3.81. The van der Waals surface area contributed by atoms with Gasteiger partial charge in [-0.2, -0.15) is 0 Å². The lowest BCUT2D eigenvalue weighted by molar-refractivity contribution is -0.120. The Hall–Kier alpha value is -1.32. The largest absolute Gasteiger partial charge is 0.360 e. The highest BCUT2D eigenvalue weighted by molar-refractivity contribution is 5.91. The Labute approximate surface area is 95.4 Å². The van der Waals surface area contributed by atoms with Crippen LogP contribution < -0.4 is 5.32 Å². The Morgan fingerprint density at radius 2 is 2.25 bits per heavy atom. The number of nitrogens with one attached hydrogen (secondary N) is 1. The predicted molar refractivity (Wildman–Crippen MR) is 61.0 cm³/mol. The van der Waals surface area contributed by atoms with Crippen molar-refractivity contribution in [2.24, 2.45) is 11.8 Å². The van der Waals surface area contributed by atoms with Gasteiger partial charge < -0.3 is 9.84 Å². The van der Waals surface area contributed by atoms with Crippen LogP contribution in [-0.2, 0) is 4.79 Å². The van der Waals surface area contributed by atoms with E-state index in [1.165, 1.54) is 25.7 Å². The molecule has 1 heterocycles. The van der Waals surface area contributed by atoms with Gasteiger partial charge in [0.1, 0.15) is 5.76 Å². The zero-order valence-corrected chi connectivity index (χ0v) is 9.82. The van der Waals surface area contributed by atoms with E-state index in [0.29, 0.717) is 17.5 Å². The molecule has 1 atom stereocenters. The van der Waals surface area contributed by atoms with Crippen LogP contribution in [0.1, 0.15) is 38.4 Å². The molecular formula is C12H18N2O2. The summed E-state index contributed by atoms with van der Waals surface area (Å²) in [6, 6.07) is 1.74. The molecule has 0 saturated heterocycles. The van der Waals surface area contributed by atoms with Gasteiger partial charge >= 0.3 is 0 Å². The maximum absolute atomic E-state index is 11.9. The second-order valence-electron chi connectivity index (χ2n) is 4.65. The van der Waals surface area contributed by atoms with E-state index in [1.54, 1.807) is 6.07 Å². The third-order valence-corrected chi connectivity index (χ3v) is 3.40. The molecule has 1 aromatic heterocycles. The molecule has 0 spiro atoms. The topological polar surface area (TPSA) is 55.1 Å². The molecule has 0 bridgehead atoms. The second-order valence-corrected chi connectivity index (χ2v) is 4.65. The number of aryl methyl sites for hydroxylation is 1. The fourth-order valence-corrected chi connectivity index (χ4v) is 2.34. The van der Waals surface area contributed by atoms with Gasteiger partial charge in [-0.15, -0.1) is 0 Å². The smallest absolute Gasteiger partial charge is 0.228 e. The van der Waals surface area contributed by atoms with Crippen LogP contribution in [0, 0.1) is 18.8 Å². The van der Waals surface area contributed by atoms with Crippen molar-refractivity contribution in [1.29, 1.82) is 0 Å². The van der Waals surface area contributed by atoms with Crippen LogP contribution in [0.15, 0.2) is 10.6 Å². The zero-order chi connectivity index (χ0) is 11.5. The number of aromatic nitrogens is 1. The van der Waals surface area contributed by atoms with Gasteiger partial charge in [-0.25, -0.2) is 0 Å². The van der Waals surface area contributed by atoms with E-state index in [2.05, 4.69) is 10.5 Å². The number of hydrogen-bond acceptors (Lipinski definition) is 3. The lowest BCUT2D eigenvalue weighted by Gasteiger charge is -2.16. The molecule has 2 rings (SSSR count). The van der Waals surface area contributed by atoms with E-state index in [9.17, 15) is 4.79 Å². The molecule has 1 fully saturated rings. The average molecular weight is 222 g/mol. The molecular weight excluding hydrogens is 204 g/mol. The van der Waals surface area contributed by atoms with Crippen LogP contribution in [0.5, 0.6) is 0 Å². The second kappa shape index (κ2) is 4.68. The van der Waals surface area contributed by atoms with Gasteiger partial charge in [0, 0.05) is 12.0 Å². The van der Waals surface area contributed by atoms with Gasteiger partial charge in [-0.3, -0.25) is 4.79 Å². The van der Waals surface area contributed by atoms with E-state index >= 15 is 0 Å². The van der Waals surface area contributed by atoms with Crippen molar-refractivity contribution < 1.29 is 9.32 Å². The third-order valence-electron chi connectivity index (χ3n) is 3.40. The number of nitrogens with zero attached hydrogens (tertiary/aromatic N) is 1. The molecule has 1 aromatic rings. The zero-order valence-electron chi connectivity index (χ0n) is 9.82. The first-order chi connectivity index (χ1) is 7.66. The molecule has 0 aromatic carbocycles. The Balaban J connectivity index is 1.92. The summed E-state index contributed by atoms with van der Waals surface area (Å²) in [5.74, 6) is 1.89. The lowest BCUT2D eigenvalue weighted by Crippen LogP contribution is -2.25. The van der Waals surface area contributed by atoms with Crippen molar-refractivity contribution in [1.82, 2.24) is 5.16 Å². The third kappa shape index (κ3) is 2.43. The van der Waals surface area contributed by atoms with E-state index in [-0.39, 0.29) is 11.8 Å². The van der Waals surface area contributed by atoms with Crippen LogP contribution in [-0.4, -0.2) is 11.1 Å². The first kappa shape index (κ1) is 11.2. The molecule has 1 unspecified atom stereocenters. The highest BCUT2D eigenvalue weighted by Crippen LogP contribution is 2.31. The standard InChI is InChI=1S/C12H18N2O2/c1-8-7-11(14-16-8)13-12(15)9(2)10-5-3-4-6-10/h7,9-10H,3-6H2,1-2H3,(H,13,14,15). The fourth-order valence-electron chi connectivity index (χ4n) is 2.34. The van der Waals surface area contributed by atoms with Crippen LogP contribution in [0.4, 0.5) is 5.82 Å². The van der Waals surface area contributed by atoms with Crippen molar-refractivity contribution in [2.45, 2.75) is 39.5 Å². The summed E-state index contributed by atoms with van der Waals surface area (Å²) in [4.78, 5) is 11.9. The summed E-state index contributed by atoms with van der Waals surface area (Å²) in [7, 11) is 0. The van der Waals surface area contributed by atoms with Gasteiger partial charge in [0.2, 0.25) is 5.91 Å². The average Bonchev–Trinajstić information content (AvgIpc) is 2.88. The first-order valence-corrected chi connectivity index (χ1v) is 5.91. The van der Waals surface area contributed by atoms with Gasteiger partial charge in [0.05, 0.1) is 0 Å². The summed E-state index contributed by atoms with van der Waals surface area (Å²) < 4.78 is 4.91. The molecule has 0 aliphatic heterocycles. The SMILES string of the molecule is Cc1cc(NC(=O)C(C)C2CCCC2)no1. The minimum atomic E-state index is 0.0557. The van der Waals surface area contributed by atoms with Crippen molar-refractivity contribution in [3.8, 4) is 0 Å². The highest BCUT2D eigenvalue weighted by atomic mass is 16.5. The number of anilines is 1. The quantitative estimate of drug-likeness (QED) is 0.855. The summed E-state index contributed by atoms with van der Waals surface area (Å²) in [5.41, 5.74) is 0. The van der Waals surface area contributed by atoms with E-state index in [1.807, 2.05) is 13.8 Å². The van der Waals surface area contributed by atoms with Crippen LogP contribution in [0.3, 0.4) is 0 Å². The van der Waals surface area contributed by atoms with Crippen molar-refractivity contribution in [2.75, 3.05) is 5.32 Å². The van der Waals surface area contributed by atoms with Gasteiger partial charge in [0.15, 0.2) is 5.82 Å². The maximum Gasteiger partial charge on any atom is 0.228 e. The summed E-state index contributed by atoms with van der Waals surface area (Å²) in [6.07, 6.45) is 4.86. The lowest BCUT2D eigenvalue weighted by atomic mass is 9.92. The Morgan fingerprint density at radius 3 is 2.81 bits per heavy atom. The minimum absolute atomic E-state index is 0.0557. The van der Waals surface area contributed by atoms with Gasteiger partial charge in [0.25, 0.3) is 0 Å². The Kier molecular flexibility index (Phi) is 3.27. The molecule has 1 aliphatic rings. The van der Waals surface area contributed by atoms with Crippen molar-refractivity contribution in [3.05, 3.63) is 11.8 Å². The molecule has 4 heteroatoms. The Bertz CT molecular complexity index is 367. The van der Waals surface area contributed by atoms with E-state index in [0.717, 1.165) is 0 Å². The molecule has 4 nitrogen and oxygen atoms in total. The number of carbonyl (C=O) groups excluding carboxylic acids is 1. The molecule has 88 valence electrons. The first-order valence-electron chi connectivity index (χ1n) is 5.91. The van der Waals surface area contributed by atoms with E-state index < -0.39 is 0 Å². The molecule has 1 saturated carbocycles. The predicted octanol–water partition coefficient (Wildman–Crippen LogP) is 2.75. The molecule has 0 radical (unpaired) electrons. The van der Waals surface area contributed by atoms with Crippen LogP contribution >= 0.6 is 0 Å². The minimum Gasteiger partial charge on any atom is -0.360 e. The summed E-state index contributed by atoms with van der Waals surface area (Å²) in [5, 5.41) is 6.55. The Morgan fingerprint density at radius 1 is 1.56 bits per heavy atom. The fraction of sp³-hybridized carbons (Fsp3) is 0.667. The monoisotopic (exact) mass is 222 g/mol. The van der Waals surface area contributed by atoms with Crippen LogP contribution in [0.2, 0.25) is 0 Å². The van der Waals surface area contributed by atoms with Gasteiger partial charge in [-0.1, -0.05) is 24.9 Å². The molecule has 1 N–H and O–H groups in total. The van der Waals surface area contributed by atoms with Crippen molar-refractivity contribution in [3.63, 3.8) is 0 Å². The normalized spacial score (nSPS) is 18.6. The number of hydrogen-bond donors (Lipinski definition) is 1. The molecule has 1 aliphatic carbocycles. The number of rotatable bonds is 3. The van der Waals surface area contributed by atoms with E-state index in [4.69, 9.17) is 4.52 Å². The number of carbonyl (C=O) groups is 1. The number of amides is 1. The highest BCUT2D eigenvalue weighted by Gasteiger charge is 2.27. The van der Waals surface area contributed by atoms with Crippen molar-refractivity contribution >= 4 is 11.7 Å². The molecule has 1 amide bonds. The maximum atomic E-state index is 11.9. The molecule has 16 heavy (non-hydrogen) atoms. The van der Waals surface area contributed by atoms with Gasteiger partial charge in [-0.05, 0) is 25.7 Å². The van der Waals surface area contributed by atoms with Crippen LogP contribution in [0.25, 0.3) is 0 Å². The summed E-state index contributed by atoms with van der Waals surface area (Å²) >= 11 is 0.